The molecule has 0 amide bonds. The highest BCUT2D eigenvalue weighted by Gasteiger charge is 2.10. The molecule has 0 fully saturated rings. The molecule has 7 nitrogen and oxygen atoms in total. The number of amidine groups is 1. The van der Waals surface area contributed by atoms with Gasteiger partial charge >= 0.3 is 5.97 Å². The Hall–Kier alpha value is -1.18. The van der Waals surface area contributed by atoms with Crippen molar-refractivity contribution in [2.45, 2.75) is 32.2 Å². The van der Waals surface area contributed by atoms with Crippen LogP contribution in [0.3, 0.4) is 0 Å². The van der Waals surface area contributed by atoms with Crippen molar-refractivity contribution in [1.29, 1.82) is 0 Å². The van der Waals surface area contributed by atoms with Crippen molar-refractivity contribution in [2.24, 2.45) is 10.7 Å². The average Bonchev–Trinajstić information content (AvgIpc) is 2.23. The van der Waals surface area contributed by atoms with Crippen LogP contribution in [-0.2, 0) is 4.79 Å². The maximum absolute atomic E-state index is 10.4. The summed E-state index contributed by atoms with van der Waals surface area (Å²) in [5.41, 5.74) is 5.31. The summed E-state index contributed by atoms with van der Waals surface area (Å²) in [7, 11) is 0. The predicted molar refractivity (Wildman–Crippen MR) is 58.1 cm³/mol. The SMILES string of the molecule is CC(=NCO)N(O)CCCC[C@H](N)C(=O)O. The standard InChI is InChI=1S/C9H19N3O4/c1-7(11-6-13)12(16)5-3-2-4-8(10)9(14)15/h8,13,16H,2-6,10H2,1H3,(H,14,15)/t8-/m0/s1. The van der Waals surface area contributed by atoms with E-state index in [1.165, 1.54) is 0 Å². The van der Waals surface area contributed by atoms with E-state index < -0.39 is 12.0 Å². The summed E-state index contributed by atoms with van der Waals surface area (Å²) in [5.74, 6) is -0.691. The van der Waals surface area contributed by atoms with E-state index in [2.05, 4.69) is 4.99 Å². The third-order valence-corrected chi connectivity index (χ3v) is 2.13. The smallest absolute Gasteiger partial charge is 0.320 e. The van der Waals surface area contributed by atoms with Crippen LogP contribution in [0.4, 0.5) is 0 Å². The molecule has 1 atom stereocenters. The third-order valence-electron chi connectivity index (χ3n) is 2.13. The minimum absolute atomic E-state index is 0.324. The molecule has 0 saturated carbocycles. The van der Waals surface area contributed by atoms with Gasteiger partial charge in [-0.2, -0.15) is 0 Å². The number of aliphatic imine (C=N–C) groups is 1. The number of carboxylic acids is 1. The second-order valence-electron chi connectivity index (χ2n) is 3.41. The molecule has 0 heterocycles. The summed E-state index contributed by atoms with van der Waals surface area (Å²) in [5, 5.41) is 27.3. The number of aliphatic hydroxyl groups excluding tert-OH is 1. The number of nitrogens with zero attached hydrogens (tertiary/aromatic N) is 2. The fourth-order valence-corrected chi connectivity index (χ4v) is 1.10. The zero-order chi connectivity index (χ0) is 12.6. The van der Waals surface area contributed by atoms with Crippen molar-refractivity contribution < 1.29 is 20.2 Å². The number of aliphatic hydroxyl groups is 1. The van der Waals surface area contributed by atoms with Gasteiger partial charge in [0.2, 0.25) is 0 Å². The van der Waals surface area contributed by atoms with E-state index in [0.717, 1.165) is 5.06 Å². The Kier molecular flexibility index (Phi) is 7.44. The van der Waals surface area contributed by atoms with Crippen molar-refractivity contribution in [3.8, 4) is 0 Å². The lowest BCUT2D eigenvalue weighted by Gasteiger charge is -2.16. The van der Waals surface area contributed by atoms with E-state index in [4.69, 9.17) is 15.9 Å². The molecule has 7 heteroatoms. The molecule has 0 aromatic rings. The van der Waals surface area contributed by atoms with Crippen LogP contribution in [0.15, 0.2) is 4.99 Å². The van der Waals surface area contributed by atoms with Gasteiger partial charge in [-0.15, -0.1) is 0 Å². The summed E-state index contributed by atoms with van der Waals surface area (Å²) in [4.78, 5) is 14.0. The molecule has 0 aliphatic carbocycles. The summed E-state index contributed by atoms with van der Waals surface area (Å²) >= 11 is 0. The second-order valence-corrected chi connectivity index (χ2v) is 3.41. The van der Waals surface area contributed by atoms with E-state index in [1.54, 1.807) is 6.92 Å². The van der Waals surface area contributed by atoms with E-state index in [9.17, 15) is 10.0 Å². The van der Waals surface area contributed by atoms with Gasteiger partial charge in [0, 0.05) is 6.54 Å². The van der Waals surface area contributed by atoms with Gasteiger partial charge in [-0.25, -0.2) is 10.1 Å². The molecular formula is C9H19N3O4. The number of hydrogen-bond acceptors (Lipinski definition) is 5. The summed E-state index contributed by atoms with van der Waals surface area (Å²) in [6, 6.07) is -0.848. The van der Waals surface area contributed by atoms with Gasteiger partial charge in [0.1, 0.15) is 18.6 Å². The molecule has 0 aromatic carbocycles. The number of unbranched alkanes of at least 4 members (excludes halogenated alkanes) is 1. The van der Waals surface area contributed by atoms with E-state index in [-0.39, 0.29) is 6.73 Å². The van der Waals surface area contributed by atoms with Gasteiger partial charge in [0.05, 0.1) is 0 Å². The molecule has 0 aromatic heterocycles. The number of carboxylic acid groups (broad SMARTS) is 1. The first-order valence-electron chi connectivity index (χ1n) is 5.05. The first-order chi connectivity index (χ1) is 7.49. The van der Waals surface area contributed by atoms with Gasteiger partial charge < -0.3 is 15.9 Å². The predicted octanol–water partition coefficient (Wildman–Crippen LogP) is -0.372. The Balaban J connectivity index is 3.66. The third kappa shape index (κ3) is 6.33. The van der Waals surface area contributed by atoms with Crippen molar-refractivity contribution in [1.82, 2.24) is 5.06 Å². The molecule has 0 saturated heterocycles. The van der Waals surface area contributed by atoms with Crippen molar-refractivity contribution in [3.05, 3.63) is 0 Å². The van der Waals surface area contributed by atoms with Crippen LogP contribution in [0, 0.1) is 0 Å². The lowest BCUT2D eigenvalue weighted by atomic mass is 10.1. The molecule has 0 unspecified atom stereocenters. The van der Waals surface area contributed by atoms with Crippen LogP contribution in [-0.4, -0.2) is 51.6 Å². The molecule has 0 rings (SSSR count). The molecular weight excluding hydrogens is 214 g/mol. The van der Waals surface area contributed by atoms with Gasteiger partial charge in [0.25, 0.3) is 0 Å². The fraction of sp³-hybridized carbons (Fsp3) is 0.778. The maximum atomic E-state index is 10.4. The minimum Gasteiger partial charge on any atom is -0.480 e. The van der Waals surface area contributed by atoms with E-state index in [0.29, 0.717) is 31.6 Å². The fourth-order valence-electron chi connectivity index (χ4n) is 1.10. The molecule has 0 radical (unpaired) electrons. The van der Waals surface area contributed by atoms with Crippen molar-refractivity contribution in [3.63, 3.8) is 0 Å². The Labute approximate surface area is 94.2 Å². The van der Waals surface area contributed by atoms with Crippen LogP contribution in [0.25, 0.3) is 0 Å². The summed E-state index contributed by atoms with van der Waals surface area (Å²) in [6.45, 7) is 1.54. The highest BCUT2D eigenvalue weighted by Crippen LogP contribution is 2.01. The van der Waals surface area contributed by atoms with Crippen LogP contribution in [0.1, 0.15) is 26.2 Å². The number of aliphatic carboxylic acids is 1. The van der Waals surface area contributed by atoms with Crippen LogP contribution in [0.2, 0.25) is 0 Å². The molecule has 0 aliphatic rings. The van der Waals surface area contributed by atoms with E-state index in [1.807, 2.05) is 0 Å². The topological polar surface area (TPSA) is 119 Å². The van der Waals surface area contributed by atoms with Crippen LogP contribution in [0.5, 0.6) is 0 Å². The largest absolute Gasteiger partial charge is 0.480 e. The molecule has 0 spiro atoms. The zero-order valence-corrected chi connectivity index (χ0v) is 9.33. The Morgan fingerprint density at radius 1 is 1.50 bits per heavy atom. The lowest BCUT2D eigenvalue weighted by Crippen LogP contribution is -2.30. The first-order valence-corrected chi connectivity index (χ1v) is 5.05. The molecule has 0 bridgehead atoms. The molecule has 16 heavy (non-hydrogen) atoms. The summed E-state index contributed by atoms with van der Waals surface area (Å²) < 4.78 is 0. The number of rotatable bonds is 7. The number of carbonyl (C=O) groups is 1. The van der Waals surface area contributed by atoms with Gasteiger partial charge in [-0.3, -0.25) is 10.0 Å². The van der Waals surface area contributed by atoms with Crippen molar-refractivity contribution >= 4 is 11.8 Å². The van der Waals surface area contributed by atoms with Crippen molar-refractivity contribution in [2.75, 3.05) is 13.3 Å². The number of hydrogen-bond donors (Lipinski definition) is 4. The van der Waals surface area contributed by atoms with E-state index >= 15 is 0 Å². The first kappa shape index (κ1) is 14.8. The number of hydroxylamine groups is 2. The monoisotopic (exact) mass is 233 g/mol. The maximum Gasteiger partial charge on any atom is 0.320 e. The molecule has 0 aliphatic heterocycles. The lowest BCUT2D eigenvalue weighted by molar-refractivity contribution is -0.138. The molecule has 5 N–H and O–H groups in total. The van der Waals surface area contributed by atoms with Crippen LogP contribution < -0.4 is 5.73 Å². The number of nitrogens with two attached hydrogens (primary N) is 1. The normalized spacial score (nSPS) is 13.6. The van der Waals surface area contributed by atoms with Crippen LogP contribution >= 0.6 is 0 Å². The average molecular weight is 233 g/mol. The Morgan fingerprint density at radius 3 is 2.62 bits per heavy atom. The van der Waals surface area contributed by atoms with Gasteiger partial charge in [-0.05, 0) is 26.2 Å². The molecule has 94 valence electrons. The Morgan fingerprint density at radius 2 is 2.12 bits per heavy atom. The zero-order valence-electron chi connectivity index (χ0n) is 9.33. The van der Waals surface area contributed by atoms with Gasteiger partial charge in [0.15, 0.2) is 0 Å². The highest BCUT2D eigenvalue weighted by atomic mass is 16.5. The second kappa shape index (κ2) is 8.03. The minimum atomic E-state index is -1.01. The summed E-state index contributed by atoms with van der Waals surface area (Å²) in [6.07, 6.45) is 1.59. The highest BCUT2D eigenvalue weighted by molar-refractivity contribution is 5.78. The Bertz CT molecular complexity index is 245. The van der Waals surface area contributed by atoms with Gasteiger partial charge in [-0.1, -0.05) is 0 Å². The quantitative estimate of drug-likeness (QED) is 0.206.